The van der Waals surface area contributed by atoms with Crippen molar-refractivity contribution in [2.24, 2.45) is 0 Å². The summed E-state index contributed by atoms with van der Waals surface area (Å²) in [6.45, 7) is 0.0321. The van der Waals surface area contributed by atoms with Crippen LogP contribution >= 0.6 is 0 Å². The number of carbonyl (C=O) groups is 1. The number of nitrogens with one attached hydrogen (secondary N) is 1. The van der Waals surface area contributed by atoms with Gasteiger partial charge in [0.1, 0.15) is 0 Å². The van der Waals surface area contributed by atoms with Crippen LogP contribution < -0.4 is 11.1 Å². The van der Waals surface area contributed by atoms with Gasteiger partial charge in [0, 0.05) is 24.4 Å². The molecule has 0 radical (unpaired) electrons. The molecule has 14 heavy (non-hydrogen) atoms. The molecule has 4 N–H and O–H groups in total. The first-order valence-electron chi connectivity index (χ1n) is 4.48. The van der Waals surface area contributed by atoms with Gasteiger partial charge in [-0.2, -0.15) is 0 Å². The average molecular weight is 194 g/mol. The summed E-state index contributed by atoms with van der Waals surface area (Å²) in [7, 11) is 0. The number of carbonyl (C=O) groups excluding carboxylic acids is 1. The van der Waals surface area contributed by atoms with Crippen molar-refractivity contribution >= 4 is 17.3 Å². The third kappa shape index (κ3) is 3.45. The minimum Gasteiger partial charge on any atom is -0.399 e. The minimum atomic E-state index is -0.107. The average Bonchev–Trinajstić information content (AvgIpc) is 2.15. The van der Waals surface area contributed by atoms with Crippen LogP contribution in [0, 0.1) is 0 Å². The number of benzene rings is 1. The van der Waals surface area contributed by atoms with E-state index in [1.54, 1.807) is 24.3 Å². The van der Waals surface area contributed by atoms with Gasteiger partial charge in [0.25, 0.3) is 0 Å². The first-order valence-corrected chi connectivity index (χ1v) is 4.48. The number of hydrogen-bond acceptors (Lipinski definition) is 3. The zero-order chi connectivity index (χ0) is 10.4. The number of amides is 1. The van der Waals surface area contributed by atoms with Crippen molar-refractivity contribution in [3.8, 4) is 0 Å². The van der Waals surface area contributed by atoms with E-state index in [-0.39, 0.29) is 12.5 Å². The lowest BCUT2D eigenvalue weighted by Gasteiger charge is -2.04. The van der Waals surface area contributed by atoms with Crippen LogP contribution in [0.1, 0.15) is 12.8 Å². The van der Waals surface area contributed by atoms with E-state index in [0.717, 1.165) is 0 Å². The quantitative estimate of drug-likeness (QED) is 0.625. The summed E-state index contributed by atoms with van der Waals surface area (Å²) in [5.41, 5.74) is 6.85. The molecule has 4 heteroatoms. The van der Waals surface area contributed by atoms with E-state index in [9.17, 15) is 4.79 Å². The number of aliphatic hydroxyl groups excluding tert-OH is 1. The number of aliphatic hydroxyl groups is 1. The van der Waals surface area contributed by atoms with Gasteiger partial charge < -0.3 is 16.2 Å². The number of rotatable bonds is 4. The fourth-order valence-corrected chi connectivity index (χ4v) is 1.08. The Kier molecular flexibility index (Phi) is 3.94. The SMILES string of the molecule is Nc1cccc(NC(=O)CCCO)c1. The molecule has 0 aromatic heterocycles. The summed E-state index contributed by atoms with van der Waals surface area (Å²) in [6, 6.07) is 6.99. The maximum atomic E-state index is 11.2. The van der Waals surface area contributed by atoms with Crippen LogP contribution in [0.2, 0.25) is 0 Å². The van der Waals surface area contributed by atoms with Crippen molar-refractivity contribution in [3.05, 3.63) is 24.3 Å². The van der Waals surface area contributed by atoms with E-state index in [4.69, 9.17) is 10.8 Å². The summed E-state index contributed by atoms with van der Waals surface area (Å²) in [5.74, 6) is -0.107. The molecule has 0 bridgehead atoms. The van der Waals surface area contributed by atoms with Crippen LogP contribution in [0.25, 0.3) is 0 Å². The molecule has 0 saturated heterocycles. The van der Waals surface area contributed by atoms with Gasteiger partial charge in [0.15, 0.2) is 0 Å². The Morgan fingerprint density at radius 3 is 2.93 bits per heavy atom. The van der Waals surface area contributed by atoms with Gasteiger partial charge in [-0.15, -0.1) is 0 Å². The number of anilines is 2. The first kappa shape index (κ1) is 10.5. The summed E-state index contributed by atoms with van der Waals surface area (Å²) < 4.78 is 0. The van der Waals surface area contributed by atoms with Crippen molar-refractivity contribution in [2.75, 3.05) is 17.7 Å². The van der Waals surface area contributed by atoms with Crippen molar-refractivity contribution in [1.29, 1.82) is 0 Å². The predicted octanol–water partition coefficient (Wildman–Crippen LogP) is 0.980. The normalized spacial score (nSPS) is 9.79. The zero-order valence-corrected chi connectivity index (χ0v) is 7.86. The van der Waals surface area contributed by atoms with Crippen LogP contribution in [0.15, 0.2) is 24.3 Å². The zero-order valence-electron chi connectivity index (χ0n) is 7.86. The van der Waals surface area contributed by atoms with Crippen molar-refractivity contribution in [2.45, 2.75) is 12.8 Å². The summed E-state index contributed by atoms with van der Waals surface area (Å²) >= 11 is 0. The van der Waals surface area contributed by atoms with Crippen LogP contribution in [-0.4, -0.2) is 17.6 Å². The number of nitrogens with two attached hydrogens (primary N) is 1. The third-order valence-corrected chi connectivity index (χ3v) is 1.73. The maximum Gasteiger partial charge on any atom is 0.224 e. The molecule has 76 valence electrons. The molecule has 0 heterocycles. The summed E-state index contributed by atoms with van der Waals surface area (Å²) in [6.07, 6.45) is 0.805. The Balaban J connectivity index is 2.47. The molecular formula is C10H14N2O2. The highest BCUT2D eigenvalue weighted by Crippen LogP contribution is 2.11. The molecular weight excluding hydrogens is 180 g/mol. The maximum absolute atomic E-state index is 11.2. The van der Waals surface area contributed by atoms with Gasteiger partial charge in [-0.3, -0.25) is 4.79 Å². The molecule has 0 atom stereocenters. The van der Waals surface area contributed by atoms with E-state index in [2.05, 4.69) is 5.32 Å². The molecule has 4 nitrogen and oxygen atoms in total. The fraction of sp³-hybridized carbons (Fsp3) is 0.300. The van der Waals surface area contributed by atoms with Crippen molar-refractivity contribution in [3.63, 3.8) is 0 Å². The monoisotopic (exact) mass is 194 g/mol. The van der Waals surface area contributed by atoms with E-state index in [0.29, 0.717) is 24.2 Å². The second-order valence-corrected chi connectivity index (χ2v) is 3.00. The lowest BCUT2D eigenvalue weighted by Crippen LogP contribution is -2.11. The van der Waals surface area contributed by atoms with Crippen LogP contribution in [-0.2, 0) is 4.79 Å². The first-order chi connectivity index (χ1) is 6.72. The number of nitrogen functional groups attached to an aromatic ring is 1. The smallest absolute Gasteiger partial charge is 0.224 e. The van der Waals surface area contributed by atoms with Crippen molar-refractivity contribution < 1.29 is 9.90 Å². The summed E-state index contributed by atoms with van der Waals surface area (Å²) in [4.78, 5) is 11.2. The molecule has 0 aliphatic rings. The molecule has 1 rings (SSSR count). The Morgan fingerprint density at radius 2 is 2.29 bits per heavy atom. The molecule has 0 spiro atoms. The Labute approximate surface area is 82.7 Å². The van der Waals surface area contributed by atoms with E-state index in [1.165, 1.54) is 0 Å². The van der Waals surface area contributed by atoms with Gasteiger partial charge in [-0.05, 0) is 24.6 Å². The molecule has 0 unspecified atom stereocenters. The third-order valence-electron chi connectivity index (χ3n) is 1.73. The summed E-state index contributed by atoms with van der Waals surface area (Å²) in [5, 5.41) is 11.2. The molecule has 0 aliphatic heterocycles. The largest absolute Gasteiger partial charge is 0.399 e. The van der Waals surface area contributed by atoms with E-state index < -0.39 is 0 Å². The second kappa shape index (κ2) is 5.24. The topological polar surface area (TPSA) is 75.3 Å². The predicted molar refractivity (Wildman–Crippen MR) is 55.8 cm³/mol. The highest BCUT2D eigenvalue weighted by Gasteiger charge is 2.01. The van der Waals surface area contributed by atoms with Gasteiger partial charge in [0.05, 0.1) is 0 Å². The molecule has 1 aromatic rings. The Morgan fingerprint density at radius 1 is 1.50 bits per heavy atom. The lowest BCUT2D eigenvalue weighted by molar-refractivity contribution is -0.116. The molecule has 1 aromatic carbocycles. The second-order valence-electron chi connectivity index (χ2n) is 3.00. The Bertz CT molecular complexity index is 313. The van der Waals surface area contributed by atoms with E-state index >= 15 is 0 Å². The molecule has 0 aliphatic carbocycles. The number of hydrogen-bond donors (Lipinski definition) is 3. The lowest BCUT2D eigenvalue weighted by atomic mass is 10.2. The van der Waals surface area contributed by atoms with E-state index in [1.807, 2.05) is 0 Å². The van der Waals surface area contributed by atoms with Crippen molar-refractivity contribution in [1.82, 2.24) is 0 Å². The fourth-order valence-electron chi connectivity index (χ4n) is 1.08. The van der Waals surface area contributed by atoms with Gasteiger partial charge in [-0.25, -0.2) is 0 Å². The molecule has 0 saturated carbocycles. The van der Waals surface area contributed by atoms with Gasteiger partial charge in [-0.1, -0.05) is 6.07 Å². The van der Waals surface area contributed by atoms with Gasteiger partial charge >= 0.3 is 0 Å². The Hall–Kier alpha value is -1.55. The van der Waals surface area contributed by atoms with Crippen LogP contribution in [0.4, 0.5) is 11.4 Å². The highest BCUT2D eigenvalue weighted by molar-refractivity contribution is 5.91. The van der Waals surface area contributed by atoms with Gasteiger partial charge in [0.2, 0.25) is 5.91 Å². The van der Waals surface area contributed by atoms with Crippen LogP contribution in [0.3, 0.4) is 0 Å². The minimum absolute atomic E-state index is 0.0321. The molecule has 1 amide bonds. The standard InChI is InChI=1S/C10H14N2O2/c11-8-3-1-4-9(7-8)12-10(14)5-2-6-13/h1,3-4,7,13H,2,5-6,11H2,(H,12,14). The van der Waals surface area contributed by atoms with Crippen LogP contribution in [0.5, 0.6) is 0 Å². The molecule has 0 fully saturated rings. The highest BCUT2D eigenvalue weighted by atomic mass is 16.3.